The van der Waals surface area contributed by atoms with Crippen LogP contribution < -0.4 is 10.1 Å². The first-order valence-electron chi connectivity index (χ1n) is 8.91. The number of thioether (sulfide) groups is 1. The molecule has 0 atom stereocenters. The third kappa shape index (κ3) is 4.62. The number of nitrogens with one attached hydrogen (secondary N) is 1. The first-order chi connectivity index (χ1) is 14.9. The van der Waals surface area contributed by atoms with Crippen LogP contribution in [0.4, 0.5) is 11.4 Å². The molecule has 31 heavy (non-hydrogen) atoms. The van der Waals surface area contributed by atoms with Crippen LogP contribution in [0.15, 0.2) is 68.9 Å². The number of benzene rings is 2. The molecule has 1 saturated heterocycles. The van der Waals surface area contributed by atoms with Crippen molar-refractivity contribution in [2.45, 2.75) is 0 Å². The fourth-order valence-electron chi connectivity index (χ4n) is 2.82. The number of ether oxygens (including phenoxy) is 1. The van der Waals surface area contributed by atoms with Gasteiger partial charge in [-0.1, -0.05) is 11.6 Å². The van der Waals surface area contributed by atoms with Crippen molar-refractivity contribution in [2.75, 3.05) is 7.11 Å². The molecule has 1 fully saturated rings. The Bertz CT molecular complexity index is 1230. The third-order valence-electron chi connectivity index (χ3n) is 4.28. The summed E-state index contributed by atoms with van der Waals surface area (Å²) in [6.45, 7) is 0. The van der Waals surface area contributed by atoms with E-state index in [9.17, 15) is 14.9 Å². The molecule has 0 radical (unpaired) electrons. The quantitative estimate of drug-likeness (QED) is 0.313. The number of nitro groups is 1. The van der Waals surface area contributed by atoms with Gasteiger partial charge in [0.15, 0.2) is 5.17 Å². The van der Waals surface area contributed by atoms with Crippen LogP contribution in [0.2, 0.25) is 5.02 Å². The van der Waals surface area contributed by atoms with Gasteiger partial charge in [-0.2, -0.15) is 0 Å². The lowest BCUT2D eigenvalue weighted by atomic mass is 10.1. The summed E-state index contributed by atoms with van der Waals surface area (Å²) in [6.07, 6.45) is 1.56. The van der Waals surface area contributed by atoms with E-state index in [0.717, 1.165) is 0 Å². The number of nitro benzene ring substituents is 1. The zero-order valence-corrected chi connectivity index (χ0v) is 17.6. The van der Waals surface area contributed by atoms with Gasteiger partial charge in [0.1, 0.15) is 17.3 Å². The zero-order chi connectivity index (χ0) is 22.0. The number of furan rings is 1. The number of hydrogen-bond acceptors (Lipinski definition) is 7. The van der Waals surface area contributed by atoms with Crippen LogP contribution in [-0.4, -0.2) is 23.1 Å². The minimum Gasteiger partial charge on any atom is -0.497 e. The fraction of sp³-hybridized carbons (Fsp3) is 0.0476. The Morgan fingerprint density at radius 2 is 1.97 bits per heavy atom. The van der Waals surface area contributed by atoms with E-state index in [-0.39, 0.29) is 16.6 Å². The highest BCUT2D eigenvalue weighted by Crippen LogP contribution is 2.35. The topological polar surface area (TPSA) is 107 Å². The molecule has 0 unspecified atom stereocenters. The SMILES string of the molecule is COc1ccc(N=C2NC(=O)/C(=C/c3ccc(-c4ccc(Cl)cc4[N+](=O)[O-])o3)S2)cc1. The largest absolute Gasteiger partial charge is 0.497 e. The second-order valence-corrected chi connectivity index (χ2v) is 7.77. The van der Waals surface area contributed by atoms with Crippen LogP contribution >= 0.6 is 23.4 Å². The number of hydrogen-bond donors (Lipinski definition) is 1. The maximum absolute atomic E-state index is 12.3. The van der Waals surface area contributed by atoms with Gasteiger partial charge < -0.3 is 14.5 Å². The molecule has 2 heterocycles. The average Bonchev–Trinajstić information content (AvgIpc) is 3.35. The van der Waals surface area contributed by atoms with E-state index in [1.807, 2.05) is 0 Å². The molecular formula is C21H14ClN3O5S. The molecular weight excluding hydrogens is 442 g/mol. The summed E-state index contributed by atoms with van der Waals surface area (Å²) in [4.78, 5) is 27.9. The van der Waals surface area contributed by atoms with Gasteiger partial charge in [0.2, 0.25) is 0 Å². The molecule has 8 nitrogen and oxygen atoms in total. The van der Waals surface area contributed by atoms with Crippen molar-refractivity contribution in [2.24, 2.45) is 4.99 Å². The van der Waals surface area contributed by atoms with Crippen molar-refractivity contribution in [1.82, 2.24) is 5.32 Å². The van der Waals surface area contributed by atoms with E-state index in [1.54, 1.807) is 55.7 Å². The van der Waals surface area contributed by atoms with E-state index in [4.69, 9.17) is 20.8 Å². The Hall–Kier alpha value is -3.56. The Morgan fingerprint density at radius 3 is 2.68 bits per heavy atom. The van der Waals surface area contributed by atoms with E-state index >= 15 is 0 Å². The highest BCUT2D eigenvalue weighted by molar-refractivity contribution is 8.18. The van der Waals surface area contributed by atoms with Crippen LogP contribution in [0.3, 0.4) is 0 Å². The normalized spacial score (nSPS) is 16.0. The maximum Gasteiger partial charge on any atom is 0.281 e. The minimum absolute atomic E-state index is 0.164. The highest BCUT2D eigenvalue weighted by atomic mass is 35.5. The lowest BCUT2D eigenvalue weighted by molar-refractivity contribution is -0.384. The highest BCUT2D eigenvalue weighted by Gasteiger charge is 2.25. The molecule has 0 bridgehead atoms. The Morgan fingerprint density at radius 1 is 1.19 bits per heavy atom. The molecule has 0 spiro atoms. The van der Waals surface area contributed by atoms with Gasteiger partial charge in [-0.3, -0.25) is 14.9 Å². The van der Waals surface area contributed by atoms with Crippen molar-refractivity contribution in [3.05, 3.63) is 80.4 Å². The Kier molecular flexibility index (Phi) is 5.79. The predicted octanol–water partition coefficient (Wildman–Crippen LogP) is 5.41. The van der Waals surface area contributed by atoms with Crippen molar-refractivity contribution >= 4 is 51.9 Å². The molecule has 0 saturated carbocycles. The average molecular weight is 456 g/mol. The second kappa shape index (κ2) is 8.66. The summed E-state index contributed by atoms with van der Waals surface area (Å²) in [5.74, 6) is 1.07. The molecule has 156 valence electrons. The van der Waals surface area contributed by atoms with Gasteiger partial charge in [0, 0.05) is 17.2 Å². The van der Waals surface area contributed by atoms with Gasteiger partial charge in [0.05, 0.1) is 28.2 Å². The van der Waals surface area contributed by atoms with Crippen molar-refractivity contribution < 1.29 is 18.9 Å². The van der Waals surface area contributed by atoms with Gasteiger partial charge >= 0.3 is 0 Å². The molecule has 1 N–H and O–H groups in total. The number of nitrogens with zero attached hydrogens (tertiary/aromatic N) is 2. The fourth-order valence-corrected chi connectivity index (χ4v) is 3.81. The molecule has 1 aliphatic heterocycles. The van der Waals surface area contributed by atoms with Gasteiger partial charge in [-0.25, -0.2) is 4.99 Å². The molecule has 2 aromatic carbocycles. The second-order valence-electron chi connectivity index (χ2n) is 6.30. The lowest BCUT2D eigenvalue weighted by Crippen LogP contribution is -2.19. The van der Waals surface area contributed by atoms with Crippen LogP contribution in [-0.2, 0) is 4.79 Å². The lowest BCUT2D eigenvalue weighted by Gasteiger charge is -2.00. The smallest absolute Gasteiger partial charge is 0.281 e. The number of halogens is 1. The summed E-state index contributed by atoms with van der Waals surface area (Å²) in [5.41, 5.74) is 0.799. The van der Waals surface area contributed by atoms with Crippen LogP contribution in [0.5, 0.6) is 5.75 Å². The molecule has 3 aromatic rings. The van der Waals surface area contributed by atoms with Crippen molar-refractivity contribution in [1.29, 1.82) is 0 Å². The number of aliphatic imine (C=N–C) groups is 1. The molecule has 4 rings (SSSR count). The minimum atomic E-state index is -0.524. The van der Waals surface area contributed by atoms with Crippen molar-refractivity contribution in [3.8, 4) is 17.1 Å². The monoisotopic (exact) mass is 455 g/mol. The number of carbonyl (C=O) groups is 1. The summed E-state index contributed by atoms with van der Waals surface area (Å²) < 4.78 is 10.8. The van der Waals surface area contributed by atoms with Gasteiger partial charge in [-0.15, -0.1) is 0 Å². The van der Waals surface area contributed by atoms with Gasteiger partial charge in [-0.05, 0) is 60.3 Å². The molecule has 1 aliphatic rings. The van der Waals surface area contributed by atoms with E-state index < -0.39 is 4.92 Å². The molecule has 10 heteroatoms. The number of carbonyl (C=O) groups excluding carboxylic acids is 1. The first-order valence-corrected chi connectivity index (χ1v) is 10.1. The van der Waals surface area contributed by atoms with E-state index in [0.29, 0.717) is 38.6 Å². The van der Waals surface area contributed by atoms with E-state index in [1.165, 1.54) is 23.9 Å². The summed E-state index contributed by atoms with van der Waals surface area (Å²) in [7, 11) is 1.58. The summed E-state index contributed by atoms with van der Waals surface area (Å²) in [5, 5.41) is 14.7. The molecule has 1 amide bonds. The predicted molar refractivity (Wildman–Crippen MR) is 120 cm³/mol. The van der Waals surface area contributed by atoms with Crippen LogP contribution in [0, 0.1) is 10.1 Å². The zero-order valence-electron chi connectivity index (χ0n) is 16.0. The Balaban J connectivity index is 1.56. The van der Waals surface area contributed by atoms with Crippen LogP contribution in [0.1, 0.15) is 5.76 Å². The number of methoxy groups -OCH3 is 1. The standard InChI is InChI=1S/C21H14ClN3O5S/c1-29-14-5-3-13(4-6-14)23-21-24-20(26)19(31-21)11-15-7-9-18(30-15)16-8-2-12(22)10-17(16)25(27)28/h2-11H,1H3,(H,23,24,26)/b19-11-. The maximum atomic E-state index is 12.3. The third-order valence-corrected chi connectivity index (χ3v) is 5.42. The van der Waals surface area contributed by atoms with Crippen molar-refractivity contribution in [3.63, 3.8) is 0 Å². The van der Waals surface area contributed by atoms with Gasteiger partial charge in [0.25, 0.3) is 11.6 Å². The number of amides is 1. The Labute approximate surface area is 185 Å². The molecule has 1 aromatic heterocycles. The van der Waals surface area contributed by atoms with E-state index in [2.05, 4.69) is 10.3 Å². The first kappa shape index (κ1) is 20.7. The number of amidine groups is 1. The summed E-state index contributed by atoms with van der Waals surface area (Å²) >= 11 is 7.03. The van der Waals surface area contributed by atoms with Crippen LogP contribution in [0.25, 0.3) is 17.4 Å². The summed E-state index contributed by atoms with van der Waals surface area (Å²) in [6, 6.07) is 14.7. The number of rotatable bonds is 5. The molecule has 0 aliphatic carbocycles.